The Morgan fingerprint density at radius 2 is 2.11 bits per heavy atom. The number of nitrogens with one attached hydrogen (secondary N) is 1. The molecule has 0 aliphatic rings. The highest BCUT2D eigenvalue weighted by molar-refractivity contribution is 7.14. The van der Waals surface area contributed by atoms with E-state index in [1.54, 1.807) is 42.6 Å². The molecule has 0 aliphatic heterocycles. The Bertz CT molecular complexity index is 1040. The third kappa shape index (κ3) is 4.65. The molecule has 0 bridgehead atoms. The predicted molar refractivity (Wildman–Crippen MR) is 109 cm³/mol. The summed E-state index contributed by atoms with van der Waals surface area (Å²) < 4.78 is 5.70. The molecule has 3 rings (SSSR count). The molecule has 28 heavy (non-hydrogen) atoms. The molecule has 1 atom stereocenters. The Morgan fingerprint density at radius 1 is 1.32 bits per heavy atom. The fourth-order valence-corrected chi connectivity index (χ4v) is 3.39. The summed E-state index contributed by atoms with van der Waals surface area (Å²) in [6, 6.07) is 11.3. The molecule has 1 heterocycles. The minimum Gasteiger partial charge on any atom is -0.481 e. The molecular weight excluding hydrogens is 402 g/mol. The number of aromatic nitrogens is 1. The minimum atomic E-state index is -0.745. The van der Waals surface area contributed by atoms with Crippen LogP contribution in [0.3, 0.4) is 0 Å². The molecule has 1 aromatic heterocycles. The highest BCUT2D eigenvalue weighted by Crippen LogP contribution is 2.28. The Kier molecular flexibility index (Phi) is 5.91. The molecule has 0 fully saturated rings. The van der Waals surface area contributed by atoms with Gasteiger partial charge in [0.1, 0.15) is 5.75 Å². The Labute approximate surface area is 170 Å². The zero-order chi connectivity index (χ0) is 20.3. The van der Waals surface area contributed by atoms with Crippen LogP contribution in [0.5, 0.6) is 5.75 Å². The van der Waals surface area contributed by atoms with Gasteiger partial charge in [-0.1, -0.05) is 23.7 Å². The molecule has 2 aromatic carbocycles. The van der Waals surface area contributed by atoms with Gasteiger partial charge in [0.25, 0.3) is 11.6 Å². The number of aryl methyl sites for hydroxylation is 1. The van der Waals surface area contributed by atoms with Crippen LogP contribution in [0.4, 0.5) is 10.8 Å². The maximum atomic E-state index is 12.4. The molecule has 1 N–H and O–H groups in total. The van der Waals surface area contributed by atoms with Crippen molar-refractivity contribution in [3.05, 3.63) is 68.5 Å². The molecular formula is C19H16ClN3O4S. The number of nitro benzene ring substituents is 1. The summed E-state index contributed by atoms with van der Waals surface area (Å²) in [6.07, 6.45) is -0.745. The van der Waals surface area contributed by atoms with Gasteiger partial charge in [0.05, 0.1) is 10.6 Å². The lowest BCUT2D eigenvalue weighted by molar-refractivity contribution is -0.384. The summed E-state index contributed by atoms with van der Waals surface area (Å²) in [5.74, 6) is 0.220. The molecule has 0 saturated heterocycles. The molecule has 1 unspecified atom stereocenters. The number of nitro groups is 1. The van der Waals surface area contributed by atoms with Crippen molar-refractivity contribution in [2.24, 2.45) is 0 Å². The van der Waals surface area contributed by atoms with Gasteiger partial charge in [-0.3, -0.25) is 20.2 Å². The summed E-state index contributed by atoms with van der Waals surface area (Å²) in [4.78, 5) is 27.2. The molecule has 144 valence electrons. The largest absolute Gasteiger partial charge is 0.481 e. The van der Waals surface area contributed by atoms with Crippen LogP contribution in [0.2, 0.25) is 5.02 Å². The van der Waals surface area contributed by atoms with Crippen LogP contribution in [0.25, 0.3) is 11.3 Å². The lowest BCUT2D eigenvalue weighted by Crippen LogP contribution is -2.30. The Morgan fingerprint density at radius 3 is 2.82 bits per heavy atom. The number of ether oxygens (including phenoxy) is 1. The standard InChI is InChI=1S/C19H16ClN3O4S/c1-11-8-14(20)6-7-17(11)27-12(2)18(24)22-19-21-16(10-28-19)13-4-3-5-15(9-13)23(25)26/h3-10,12H,1-2H3,(H,21,22,24). The van der Waals surface area contributed by atoms with E-state index in [9.17, 15) is 14.9 Å². The number of non-ortho nitro benzene ring substituents is 1. The van der Waals surface area contributed by atoms with E-state index in [1.807, 2.05) is 6.92 Å². The summed E-state index contributed by atoms with van der Waals surface area (Å²) in [6.45, 7) is 3.48. The SMILES string of the molecule is Cc1cc(Cl)ccc1OC(C)C(=O)Nc1nc(-c2cccc([N+](=O)[O-])c2)cs1. The summed E-state index contributed by atoms with van der Waals surface area (Å²) >= 11 is 7.15. The first-order valence-corrected chi connectivity index (χ1v) is 9.53. The quantitative estimate of drug-likeness (QED) is 0.445. The van der Waals surface area contributed by atoms with Crippen molar-refractivity contribution in [3.63, 3.8) is 0 Å². The topological polar surface area (TPSA) is 94.4 Å². The molecule has 0 radical (unpaired) electrons. The van der Waals surface area contributed by atoms with E-state index in [0.717, 1.165) is 5.56 Å². The van der Waals surface area contributed by atoms with Gasteiger partial charge >= 0.3 is 0 Å². The predicted octanol–water partition coefficient (Wildman–Crippen LogP) is 5.09. The Hall–Kier alpha value is -2.97. The van der Waals surface area contributed by atoms with Gasteiger partial charge in [-0.2, -0.15) is 0 Å². The van der Waals surface area contributed by atoms with Crippen LogP contribution < -0.4 is 10.1 Å². The zero-order valence-corrected chi connectivity index (χ0v) is 16.6. The minimum absolute atomic E-state index is 0.0172. The maximum Gasteiger partial charge on any atom is 0.270 e. The second-order valence-electron chi connectivity index (χ2n) is 6.00. The number of amides is 1. The number of carbonyl (C=O) groups excluding carboxylic acids is 1. The third-order valence-corrected chi connectivity index (χ3v) is 4.89. The molecule has 9 heteroatoms. The second-order valence-corrected chi connectivity index (χ2v) is 7.30. The van der Waals surface area contributed by atoms with Crippen LogP contribution >= 0.6 is 22.9 Å². The average Bonchev–Trinajstić information content (AvgIpc) is 3.12. The fraction of sp³-hybridized carbons (Fsp3) is 0.158. The van der Waals surface area contributed by atoms with Crippen LogP contribution in [0.15, 0.2) is 47.8 Å². The number of hydrogen-bond acceptors (Lipinski definition) is 6. The van der Waals surface area contributed by atoms with Crippen molar-refractivity contribution in [2.75, 3.05) is 5.32 Å². The summed E-state index contributed by atoms with van der Waals surface area (Å²) in [5, 5.41) is 16.3. The number of nitrogens with zero attached hydrogens (tertiary/aromatic N) is 2. The molecule has 1 amide bonds. The van der Waals surface area contributed by atoms with Gasteiger partial charge < -0.3 is 4.74 Å². The lowest BCUT2D eigenvalue weighted by atomic mass is 10.1. The van der Waals surface area contributed by atoms with Crippen LogP contribution in [-0.4, -0.2) is 21.9 Å². The fourth-order valence-electron chi connectivity index (χ4n) is 2.44. The van der Waals surface area contributed by atoms with Gasteiger partial charge in [-0.05, 0) is 37.6 Å². The van der Waals surface area contributed by atoms with Crippen LogP contribution in [0, 0.1) is 17.0 Å². The van der Waals surface area contributed by atoms with E-state index in [1.165, 1.54) is 23.5 Å². The van der Waals surface area contributed by atoms with Crippen LogP contribution in [0.1, 0.15) is 12.5 Å². The van der Waals surface area contributed by atoms with E-state index in [0.29, 0.717) is 27.2 Å². The highest BCUT2D eigenvalue weighted by Gasteiger charge is 2.18. The molecule has 0 aliphatic carbocycles. The summed E-state index contributed by atoms with van der Waals surface area (Å²) in [7, 11) is 0. The molecule has 7 nitrogen and oxygen atoms in total. The summed E-state index contributed by atoms with van der Waals surface area (Å²) in [5.41, 5.74) is 1.96. The van der Waals surface area contributed by atoms with E-state index >= 15 is 0 Å². The van der Waals surface area contributed by atoms with Crippen molar-refractivity contribution < 1.29 is 14.5 Å². The Balaban J connectivity index is 1.68. The second kappa shape index (κ2) is 8.37. The molecule has 0 saturated carbocycles. The van der Waals surface area contributed by atoms with Crippen molar-refractivity contribution in [1.82, 2.24) is 4.98 Å². The smallest absolute Gasteiger partial charge is 0.270 e. The highest BCUT2D eigenvalue weighted by atomic mass is 35.5. The van der Waals surface area contributed by atoms with Gasteiger partial charge in [-0.15, -0.1) is 11.3 Å². The van der Waals surface area contributed by atoms with Gasteiger partial charge in [0.2, 0.25) is 0 Å². The molecule has 3 aromatic rings. The number of halogens is 1. The maximum absolute atomic E-state index is 12.4. The van der Waals surface area contributed by atoms with Crippen LogP contribution in [-0.2, 0) is 4.79 Å². The zero-order valence-electron chi connectivity index (χ0n) is 15.0. The van der Waals surface area contributed by atoms with Crippen molar-refractivity contribution in [1.29, 1.82) is 0 Å². The lowest BCUT2D eigenvalue weighted by Gasteiger charge is -2.15. The van der Waals surface area contributed by atoms with Crippen molar-refractivity contribution >= 4 is 39.7 Å². The van der Waals surface area contributed by atoms with Gasteiger partial charge in [0, 0.05) is 28.1 Å². The number of carbonyl (C=O) groups is 1. The first kappa shape index (κ1) is 19.8. The number of rotatable bonds is 6. The van der Waals surface area contributed by atoms with E-state index < -0.39 is 11.0 Å². The number of benzene rings is 2. The third-order valence-electron chi connectivity index (χ3n) is 3.90. The number of thiazole rings is 1. The van der Waals surface area contributed by atoms with E-state index in [-0.39, 0.29) is 11.6 Å². The first-order valence-electron chi connectivity index (χ1n) is 8.27. The van der Waals surface area contributed by atoms with Crippen molar-refractivity contribution in [2.45, 2.75) is 20.0 Å². The normalized spacial score (nSPS) is 11.7. The van der Waals surface area contributed by atoms with Crippen molar-refractivity contribution in [3.8, 4) is 17.0 Å². The van der Waals surface area contributed by atoms with E-state index in [2.05, 4.69) is 10.3 Å². The molecule has 0 spiro atoms. The van der Waals surface area contributed by atoms with E-state index in [4.69, 9.17) is 16.3 Å². The monoisotopic (exact) mass is 417 g/mol. The number of hydrogen-bond donors (Lipinski definition) is 1. The van der Waals surface area contributed by atoms with Gasteiger partial charge in [0.15, 0.2) is 11.2 Å². The average molecular weight is 418 g/mol. The van der Waals surface area contributed by atoms with Gasteiger partial charge in [-0.25, -0.2) is 4.98 Å². The first-order chi connectivity index (χ1) is 13.3. The number of anilines is 1.